The Balaban J connectivity index is 3.07. The number of nitrogens with zero attached hydrogens (tertiary/aromatic N) is 1. The smallest absolute Gasteiger partial charge is 0.352 e. The van der Waals surface area contributed by atoms with Gasteiger partial charge in [-0.1, -0.05) is 5.92 Å². The lowest BCUT2D eigenvalue weighted by molar-refractivity contribution is 0.0685. The van der Waals surface area contributed by atoms with Gasteiger partial charge in [0.15, 0.2) is 0 Å². The summed E-state index contributed by atoms with van der Waals surface area (Å²) < 4.78 is 4.66. The van der Waals surface area contributed by atoms with Gasteiger partial charge in [0.05, 0.1) is 6.54 Å². The highest BCUT2D eigenvalue weighted by Gasteiger charge is 2.20. The Labute approximate surface area is 99.2 Å². The molecule has 16 heavy (non-hydrogen) atoms. The predicted molar refractivity (Wildman–Crippen MR) is 64.5 cm³/mol. The van der Waals surface area contributed by atoms with Gasteiger partial charge in [0.1, 0.15) is 5.69 Å². The zero-order chi connectivity index (χ0) is 12.3. The molecule has 1 heterocycles. The fraction of sp³-hybridized carbons (Fsp3) is 0.364. The quantitative estimate of drug-likeness (QED) is 0.475. The Morgan fingerprint density at radius 2 is 2.25 bits per heavy atom. The Morgan fingerprint density at radius 3 is 2.69 bits per heavy atom. The minimum atomic E-state index is -0.910. The normalized spacial score (nSPS) is 10.1. The molecule has 0 saturated heterocycles. The molecule has 0 saturated carbocycles. The monoisotopic (exact) mass is 238 g/mol. The number of carboxylic acids is 1. The van der Waals surface area contributed by atoms with E-state index >= 15 is 0 Å². The van der Waals surface area contributed by atoms with Gasteiger partial charge in [-0.25, -0.2) is 9.52 Å². The largest absolute Gasteiger partial charge is 0.477 e. The molecule has 4 nitrogen and oxygen atoms in total. The van der Waals surface area contributed by atoms with E-state index in [1.165, 1.54) is 11.9 Å². The lowest BCUT2D eigenvalue weighted by Crippen LogP contribution is -2.06. The van der Waals surface area contributed by atoms with Crippen molar-refractivity contribution in [1.82, 2.24) is 9.29 Å². The predicted octanol–water partition coefficient (Wildman–Crippen LogP) is 1.57. The van der Waals surface area contributed by atoms with E-state index in [1.807, 2.05) is 6.92 Å². The molecule has 0 bridgehead atoms. The fourth-order valence-electron chi connectivity index (χ4n) is 1.55. The number of hydrogen-bond donors (Lipinski definition) is 2. The summed E-state index contributed by atoms with van der Waals surface area (Å²) in [6, 6.07) is 0. The number of terminal acetylenes is 1. The molecule has 5 heteroatoms. The molecule has 0 spiro atoms. The maximum Gasteiger partial charge on any atom is 0.352 e. The second-order valence-electron chi connectivity index (χ2n) is 3.38. The van der Waals surface area contributed by atoms with E-state index in [4.69, 9.17) is 11.5 Å². The summed E-state index contributed by atoms with van der Waals surface area (Å²) in [6.45, 7) is 4.14. The lowest BCUT2D eigenvalue weighted by atomic mass is 10.2. The molecular formula is C11H14N2O2S. The molecule has 0 aromatic carbocycles. The van der Waals surface area contributed by atoms with Crippen molar-refractivity contribution in [3.8, 4) is 12.3 Å². The molecule has 0 unspecified atom stereocenters. The van der Waals surface area contributed by atoms with Crippen molar-refractivity contribution in [3.05, 3.63) is 17.0 Å². The van der Waals surface area contributed by atoms with Crippen molar-refractivity contribution in [1.29, 1.82) is 0 Å². The van der Waals surface area contributed by atoms with Crippen LogP contribution in [0.5, 0.6) is 0 Å². The summed E-state index contributed by atoms with van der Waals surface area (Å²) in [5.41, 5.74) is 2.01. The van der Waals surface area contributed by atoms with Gasteiger partial charge in [-0.2, -0.15) is 0 Å². The van der Waals surface area contributed by atoms with Crippen molar-refractivity contribution < 1.29 is 9.90 Å². The number of hydrogen-bond acceptors (Lipinski definition) is 3. The van der Waals surface area contributed by atoms with Gasteiger partial charge in [0.25, 0.3) is 0 Å². The minimum absolute atomic E-state index is 0.322. The number of aromatic carboxylic acids is 1. The summed E-state index contributed by atoms with van der Waals surface area (Å²) in [5, 5.41) is 9.07. The first-order chi connectivity index (χ1) is 7.50. The van der Waals surface area contributed by atoms with Crippen LogP contribution >= 0.6 is 11.9 Å². The number of carbonyl (C=O) groups is 1. The van der Waals surface area contributed by atoms with Crippen LogP contribution in [0.25, 0.3) is 0 Å². The molecule has 2 N–H and O–H groups in total. The second-order valence-corrected chi connectivity index (χ2v) is 4.28. The van der Waals surface area contributed by atoms with Gasteiger partial charge >= 0.3 is 5.97 Å². The lowest BCUT2D eigenvalue weighted by Gasteiger charge is -2.01. The highest BCUT2D eigenvalue weighted by atomic mass is 32.2. The topological polar surface area (TPSA) is 54.3 Å². The average molecular weight is 238 g/mol. The zero-order valence-corrected chi connectivity index (χ0v) is 10.3. The zero-order valence-electron chi connectivity index (χ0n) is 9.50. The minimum Gasteiger partial charge on any atom is -0.477 e. The molecule has 0 amide bonds. The average Bonchev–Trinajstić information content (AvgIpc) is 2.42. The standard InChI is InChI=1S/C11H14N2O2S/c1-5-6-12-16-10-7(2)9(11(14)15)13(4)8(10)3/h1,12H,6H2,2-4H3,(H,14,15). The van der Waals surface area contributed by atoms with Crippen LogP contribution in [-0.2, 0) is 7.05 Å². The highest BCUT2D eigenvalue weighted by molar-refractivity contribution is 7.97. The van der Waals surface area contributed by atoms with E-state index in [0.29, 0.717) is 12.2 Å². The third-order valence-electron chi connectivity index (χ3n) is 2.41. The van der Waals surface area contributed by atoms with Gasteiger partial charge in [-0.05, 0) is 31.4 Å². The third kappa shape index (κ3) is 2.23. The number of aromatic nitrogens is 1. The number of nitrogens with one attached hydrogen (secondary N) is 1. The van der Waals surface area contributed by atoms with E-state index in [-0.39, 0.29) is 0 Å². The van der Waals surface area contributed by atoms with Gasteiger partial charge in [-0.3, -0.25) is 0 Å². The first kappa shape index (κ1) is 12.7. The molecule has 0 aliphatic heterocycles. The van der Waals surface area contributed by atoms with Crippen LogP contribution in [0, 0.1) is 26.2 Å². The molecule has 0 aliphatic carbocycles. The Hall–Kier alpha value is -1.38. The molecule has 0 radical (unpaired) electrons. The van der Waals surface area contributed by atoms with Crippen LogP contribution < -0.4 is 4.72 Å². The summed E-state index contributed by atoms with van der Waals surface area (Å²) in [4.78, 5) is 12.0. The van der Waals surface area contributed by atoms with Crippen molar-refractivity contribution in [2.75, 3.05) is 6.54 Å². The van der Waals surface area contributed by atoms with Gasteiger partial charge < -0.3 is 9.67 Å². The van der Waals surface area contributed by atoms with E-state index in [0.717, 1.165) is 16.2 Å². The Bertz CT molecular complexity index is 458. The number of rotatable bonds is 4. The van der Waals surface area contributed by atoms with Gasteiger partial charge in [-0.15, -0.1) is 6.42 Å². The highest BCUT2D eigenvalue weighted by Crippen LogP contribution is 2.28. The van der Waals surface area contributed by atoms with Crippen LogP contribution in [-0.4, -0.2) is 22.2 Å². The van der Waals surface area contributed by atoms with E-state index < -0.39 is 5.97 Å². The summed E-state index contributed by atoms with van der Waals surface area (Å²) >= 11 is 1.37. The molecule has 1 aromatic rings. The second kappa shape index (κ2) is 5.10. The Morgan fingerprint density at radius 1 is 1.62 bits per heavy atom. The van der Waals surface area contributed by atoms with Crippen LogP contribution in [0.1, 0.15) is 21.7 Å². The van der Waals surface area contributed by atoms with Crippen molar-refractivity contribution in [2.24, 2.45) is 7.05 Å². The molecule has 0 atom stereocenters. The maximum atomic E-state index is 11.1. The van der Waals surface area contributed by atoms with E-state index in [9.17, 15) is 4.79 Å². The van der Waals surface area contributed by atoms with Gasteiger partial charge in [0.2, 0.25) is 0 Å². The summed E-state index contributed by atoms with van der Waals surface area (Å²) in [7, 11) is 1.75. The summed E-state index contributed by atoms with van der Waals surface area (Å²) in [5.74, 6) is 1.56. The van der Waals surface area contributed by atoms with Crippen molar-refractivity contribution in [3.63, 3.8) is 0 Å². The van der Waals surface area contributed by atoms with Crippen molar-refractivity contribution >= 4 is 17.9 Å². The summed E-state index contributed by atoms with van der Waals surface area (Å²) in [6.07, 6.45) is 5.13. The van der Waals surface area contributed by atoms with Crippen LogP contribution in [0.3, 0.4) is 0 Å². The molecule has 0 aliphatic rings. The van der Waals surface area contributed by atoms with E-state index in [2.05, 4.69) is 10.6 Å². The van der Waals surface area contributed by atoms with Crippen LogP contribution in [0.2, 0.25) is 0 Å². The molecule has 86 valence electrons. The van der Waals surface area contributed by atoms with E-state index in [1.54, 1.807) is 18.5 Å². The molecular weight excluding hydrogens is 224 g/mol. The molecule has 0 fully saturated rings. The van der Waals surface area contributed by atoms with Gasteiger partial charge in [0, 0.05) is 17.6 Å². The SMILES string of the molecule is C#CCNSc1c(C)c(C(=O)O)n(C)c1C. The van der Waals surface area contributed by atoms with Crippen molar-refractivity contribution in [2.45, 2.75) is 18.7 Å². The maximum absolute atomic E-state index is 11.1. The fourth-order valence-corrected chi connectivity index (χ4v) is 2.39. The first-order valence-corrected chi connectivity index (χ1v) is 5.54. The van der Waals surface area contributed by atoms with Crippen LogP contribution in [0.4, 0.5) is 0 Å². The number of carboxylic acid groups (broad SMARTS) is 1. The Kier molecular flexibility index (Phi) is 4.05. The first-order valence-electron chi connectivity index (χ1n) is 4.73. The van der Waals surface area contributed by atoms with Crippen LogP contribution in [0.15, 0.2) is 4.90 Å². The molecule has 1 rings (SSSR count). The molecule has 1 aromatic heterocycles. The third-order valence-corrected chi connectivity index (χ3v) is 3.51.